The maximum absolute atomic E-state index is 11.7. The van der Waals surface area contributed by atoms with Gasteiger partial charge < -0.3 is 21.1 Å². The lowest BCUT2D eigenvalue weighted by molar-refractivity contribution is -0.119. The Hall–Kier alpha value is -3.27. The summed E-state index contributed by atoms with van der Waals surface area (Å²) in [5.41, 5.74) is 6.46. The molecule has 7 nitrogen and oxygen atoms in total. The number of amides is 2. The van der Waals surface area contributed by atoms with E-state index in [0.717, 1.165) is 17.2 Å². The summed E-state index contributed by atoms with van der Waals surface area (Å²) in [6.45, 7) is 2.30. The van der Waals surface area contributed by atoms with Crippen LogP contribution in [0.2, 0.25) is 0 Å². The Morgan fingerprint density at radius 1 is 1.46 bits per heavy atom. The lowest BCUT2D eigenvalue weighted by atomic mass is 10.0. The number of carbonyl (C=O) groups is 2. The van der Waals surface area contributed by atoms with E-state index in [9.17, 15) is 9.59 Å². The lowest BCUT2D eigenvalue weighted by Gasteiger charge is -2.15. The number of nitrogens with zero attached hydrogens (tertiary/aromatic N) is 1. The summed E-state index contributed by atoms with van der Waals surface area (Å²) < 4.78 is 5.31. The highest BCUT2D eigenvalue weighted by Gasteiger charge is 2.21. The zero-order chi connectivity index (χ0) is 18.7. The van der Waals surface area contributed by atoms with E-state index in [2.05, 4.69) is 27.5 Å². The van der Waals surface area contributed by atoms with Crippen molar-refractivity contribution in [3.63, 3.8) is 0 Å². The van der Waals surface area contributed by atoms with Crippen molar-refractivity contribution in [2.75, 3.05) is 19.0 Å². The van der Waals surface area contributed by atoms with Crippen LogP contribution in [0.3, 0.4) is 0 Å². The number of rotatable bonds is 5. The van der Waals surface area contributed by atoms with Crippen LogP contribution in [-0.4, -0.2) is 36.5 Å². The van der Waals surface area contributed by atoms with Gasteiger partial charge in [-0.15, -0.1) is 5.92 Å². The number of fused-ring (bicyclic) bond motifs is 1. The Kier molecular flexibility index (Phi) is 4.94. The number of benzene rings is 1. The highest BCUT2D eigenvalue weighted by Crippen LogP contribution is 2.31. The highest BCUT2D eigenvalue weighted by molar-refractivity contribution is 6.04. The molecule has 2 heterocycles. The molecule has 0 radical (unpaired) electrons. The Labute approximate surface area is 151 Å². The van der Waals surface area contributed by atoms with Gasteiger partial charge in [0.05, 0.1) is 18.2 Å². The van der Waals surface area contributed by atoms with Crippen molar-refractivity contribution in [3.8, 4) is 17.6 Å². The molecule has 1 saturated heterocycles. The van der Waals surface area contributed by atoms with Gasteiger partial charge >= 0.3 is 0 Å². The monoisotopic (exact) mass is 352 g/mol. The number of hydrogen-bond acceptors (Lipinski definition) is 5. The highest BCUT2D eigenvalue weighted by atomic mass is 16.5. The molecule has 1 fully saturated rings. The summed E-state index contributed by atoms with van der Waals surface area (Å²) in [4.78, 5) is 27.5. The zero-order valence-electron chi connectivity index (χ0n) is 14.7. The fraction of sp³-hybridized carbons (Fsp3) is 0.316. The van der Waals surface area contributed by atoms with E-state index in [1.165, 1.54) is 7.11 Å². The molecule has 4 N–H and O–H groups in total. The van der Waals surface area contributed by atoms with Crippen LogP contribution in [0.1, 0.15) is 35.7 Å². The minimum absolute atomic E-state index is 0.0657. The van der Waals surface area contributed by atoms with Gasteiger partial charge in [0.1, 0.15) is 11.6 Å². The third-order valence-electron chi connectivity index (χ3n) is 4.33. The molecule has 7 heteroatoms. The number of carbonyl (C=O) groups excluding carboxylic acids is 2. The molecule has 0 unspecified atom stereocenters. The van der Waals surface area contributed by atoms with E-state index >= 15 is 0 Å². The van der Waals surface area contributed by atoms with Crippen LogP contribution in [0.25, 0.3) is 10.8 Å². The minimum Gasteiger partial charge on any atom is -0.496 e. The molecule has 1 aromatic heterocycles. The molecule has 1 aromatic carbocycles. The molecule has 1 atom stereocenters. The molecule has 0 aliphatic carbocycles. The van der Waals surface area contributed by atoms with E-state index in [1.807, 2.05) is 0 Å². The fourth-order valence-corrected chi connectivity index (χ4v) is 3.05. The topological polar surface area (TPSA) is 106 Å². The smallest absolute Gasteiger partial charge is 0.252 e. The molecule has 0 spiro atoms. The van der Waals surface area contributed by atoms with Gasteiger partial charge in [-0.1, -0.05) is 5.92 Å². The zero-order valence-corrected chi connectivity index (χ0v) is 14.7. The van der Waals surface area contributed by atoms with Crippen molar-refractivity contribution in [3.05, 3.63) is 29.5 Å². The maximum atomic E-state index is 11.7. The number of nitrogens with one attached hydrogen (secondary N) is 2. The van der Waals surface area contributed by atoms with E-state index < -0.39 is 5.91 Å². The predicted molar refractivity (Wildman–Crippen MR) is 99.0 cm³/mol. The number of methoxy groups -OCH3 is 1. The number of nitrogens with two attached hydrogens (primary N) is 1. The van der Waals surface area contributed by atoms with E-state index in [-0.39, 0.29) is 11.9 Å². The Morgan fingerprint density at radius 3 is 2.88 bits per heavy atom. The molecular weight excluding hydrogens is 332 g/mol. The van der Waals surface area contributed by atoms with E-state index in [0.29, 0.717) is 35.7 Å². The molecule has 134 valence electrons. The van der Waals surface area contributed by atoms with Gasteiger partial charge in [-0.05, 0) is 25.5 Å². The Morgan fingerprint density at radius 2 is 2.27 bits per heavy atom. The van der Waals surface area contributed by atoms with Crippen molar-refractivity contribution in [2.45, 2.75) is 25.8 Å². The first kappa shape index (κ1) is 17.5. The van der Waals surface area contributed by atoms with Crippen molar-refractivity contribution in [1.29, 1.82) is 0 Å². The first-order valence-electron chi connectivity index (χ1n) is 8.30. The second kappa shape index (κ2) is 7.31. The normalized spacial score (nSPS) is 15.9. The summed E-state index contributed by atoms with van der Waals surface area (Å²) in [5, 5.41) is 7.73. The number of aromatic nitrogens is 1. The average molecular weight is 352 g/mol. The van der Waals surface area contributed by atoms with E-state index in [1.54, 1.807) is 25.3 Å². The van der Waals surface area contributed by atoms with Gasteiger partial charge in [0.2, 0.25) is 5.91 Å². The van der Waals surface area contributed by atoms with Crippen LogP contribution < -0.4 is 21.1 Å². The van der Waals surface area contributed by atoms with Crippen molar-refractivity contribution in [2.24, 2.45) is 5.73 Å². The minimum atomic E-state index is -0.570. The first-order valence-corrected chi connectivity index (χ1v) is 8.30. The molecule has 0 saturated carbocycles. The van der Waals surface area contributed by atoms with Crippen molar-refractivity contribution in [1.82, 2.24) is 10.3 Å². The predicted octanol–water partition coefficient (Wildman–Crippen LogP) is 1.40. The van der Waals surface area contributed by atoms with Crippen LogP contribution in [0.15, 0.2) is 18.3 Å². The second-order valence-electron chi connectivity index (χ2n) is 6.04. The standard InChI is InChI=1S/C19H20N4O3/c1-3-4-11-9-21-19(22-10-12-5-6-17(24)23-12)14-8-16(26-2)15(18(20)25)7-13(11)14/h7-9,12H,5-6,10H2,1-2H3,(H2,20,25)(H,21,22)(H,23,24)/t12-/m0/s1. The summed E-state index contributed by atoms with van der Waals surface area (Å²) in [6.07, 6.45) is 2.99. The molecule has 0 bridgehead atoms. The number of anilines is 1. The van der Waals surface area contributed by atoms with Crippen LogP contribution >= 0.6 is 0 Å². The third kappa shape index (κ3) is 3.40. The van der Waals surface area contributed by atoms with Gasteiger partial charge in [0, 0.05) is 36.0 Å². The summed E-state index contributed by atoms with van der Waals surface area (Å²) in [6, 6.07) is 3.49. The van der Waals surface area contributed by atoms with Gasteiger partial charge in [0.25, 0.3) is 5.91 Å². The Balaban J connectivity index is 2.05. The van der Waals surface area contributed by atoms with Gasteiger partial charge in [-0.25, -0.2) is 4.98 Å². The lowest BCUT2D eigenvalue weighted by Crippen LogP contribution is -2.32. The van der Waals surface area contributed by atoms with Gasteiger partial charge in [0.15, 0.2) is 0 Å². The van der Waals surface area contributed by atoms with Crippen LogP contribution in [0, 0.1) is 11.8 Å². The molecular formula is C19H20N4O3. The van der Waals surface area contributed by atoms with Crippen LogP contribution in [-0.2, 0) is 4.79 Å². The second-order valence-corrected chi connectivity index (χ2v) is 6.04. The summed E-state index contributed by atoms with van der Waals surface area (Å²) in [7, 11) is 1.48. The molecule has 26 heavy (non-hydrogen) atoms. The maximum Gasteiger partial charge on any atom is 0.252 e. The molecule has 1 aliphatic heterocycles. The molecule has 3 rings (SSSR count). The SMILES string of the molecule is CC#Cc1cnc(NC[C@@H]2CCC(=O)N2)c2cc(OC)c(C(N)=O)cc12. The first-order chi connectivity index (χ1) is 12.5. The number of pyridine rings is 1. The third-order valence-corrected chi connectivity index (χ3v) is 4.33. The van der Waals surface area contributed by atoms with Crippen molar-refractivity contribution >= 4 is 28.4 Å². The quantitative estimate of drug-likeness (QED) is 0.705. The van der Waals surface area contributed by atoms with Crippen LogP contribution in [0.5, 0.6) is 5.75 Å². The number of ether oxygens (including phenoxy) is 1. The van der Waals surface area contributed by atoms with Gasteiger partial charge in [-0.2, -0.15) is 0 Å². The number of primary amides is 1. The summed E-state index contributed by atoms with van der Waals surface area (Å²) >= 11 is 0. The molecule has 1 aliphatic rings. The fourth-order valence-electron chi connectivity index (χ4n) is 3.05. The molecule has 2 amide bonds. The summed E-state index contributed by atoms with van der Waals surface area (Å²) in [5.74, 6) is 6.36. The average Bonchev–Trinajstić information content (AvgIpc) is 3.05. The van der Waals surface area contributed by atoms with Crippen LogP contribution in [0.4, 0.5) is 5.82 Å². The number of hydrogen-bond donors (Lipinski definition) is 3. The van der Waals surface area contributed by atoms with E-state index in [4.69, 9.17) is 10.5 Å². The largest absolute Gasteiger partial charge is 0.496 e. The Bertz CT molecular complexity index is 943. The van der Waals surface area contributed by atoms with Crippen molar-refractivity contribution < 1.29 is 14.3 Å². The van der Waals surface area contributed by atoms with Gasteiger partial charge in [-0.3, -0.25) is 9.59 Å². The molecule has 2 aromatic rings.